The monoisotopic (exact) mass is 745 g/mol. The van der Waals surface area contributed by atoms with Gasteiger partial charge in [0.1, 0.15) is 0 Å². The van der Waals surface area contributed by atoms with Gasteiger partial charge in [-0.1, -0.05) is 47.5 Å². The van der Waals surface area contributed by atoms with Crippen LogP contribution in [0.25, 0.3) is 0 Å². The van der Waals surface area contributed by atoms with E-state index in [2.05, 4.69) is 21.2 Å². The highest BCUT2D eigenvalue weighted by Gasteiger charge is 2.38. The maximum absolute atomic E-state index is 13.5. The van der Waals surface area contributed by atoms with Crippen molar-refractivity contribution in [2.45, 2.75) is 31.1 Å². The number of carbonyl (C=O) groups is 2. The number of amides is 3. The fraction of sp³-hybridized carbons (Fsp3) is 0.429. The molecule has 15 heteroatoms. The Morgan fingerprint density at radius 3 is 2.04 bits per heavy atom. The van der Waals surface area contributed by atoms with Crippen LogP contribution >= 0.6 is 23.2 Å². The Balaban J connectivity index is 1.45. The summed E-state index contributed by atoms with van der Waals surface area (Å²) >= 11 is 12.4. The normalized spacial score (nSPS) is 14.7. The van der Waals surface area contributed by atoms with Gasteiger partial charge in [0.2, 0.25) is 0 Å². The highest BCUT2D eigenvalue weighted by Crippen LogP contribution is 2.37. The first-order valence-corrected chi connectivity index (χ1v) is 16.7. The summed E-state index contributed by atoms with van der Waals surface area (Å²) in [7, 11) is 4.72. The van der Waals surface area contributed by atoms with E-state index in [-0.39, 0.29) is 29.6 Å². The third kappa shape index (κ3) is 10.4. The third-order valence-corrected chi connectivity index (χ3v) is 9.40. The summed E-state index contributed by atoms with van der Waals surface area (Å²) in [5, 5.41) is 3.49. The Bertz CT molecular complexity index is 1610. The molecule has 3 aromatic carbocycles. The van der Waals surface area contributed by atoms with E-state index in [0.717, 1.165) is 47.9 Å². The first-order valence-electron chi connectivity index (χ1n) is 15.9. The maximum Gasteiger partial charge on any atom is 0.416 e. The van der Waals surface area contributed by atoms with Gasteiger partial charge in [0.15, 0.2) is 0 Å². The number of likely N-dealkylation sites (N-methyl/N-ethyl adjacent to an activating group) is 1. The molecule has 1 atom stereocenters. The first kappa shape index (κ1) is 39.1. The zero-order valence-electron chi connectivity index (χ0n) is 27.8. The minimum Gasteiger partial charge on any atom is -0.369 e. The van der Waals surface area contributed by atoms with Crippen molar-refractivity contribution in [1.82, 2.24) is 20.0 Å². The van der Waals surface area contributed by atoms with E-state index >= 15 is 0 Å². The number of carbonyl (C=O) groups excluding carboxylic acids is 2. The molecule has 50 heavy (non-hydrogen) atoms. The van der Waals surface area contributed by atoms with Gasteiger partial charge in [0.25, 0.3) is 5.91 Å². The van der Waals surface area contributed by atoms with E-state index in [4.69, 9.17) is 23.2 Å². The molecule has 0 saturated carbocycles. The van der Waals surface area contributed by atoms with E-state index < -0.39 is 35.0 Å². The van der Waals surface area contributed by atoms with Gasteiger partial charge in [0, 0.05) is 77.6 Å². The zero-order valence-corrected chi connectivity index (χ0v) is 29.4. The minimum absolute atomic E-state index is 0.000534. The average molecular weight is 747 g/mol. The largest absolute Gasteiger partial charge is 0.416 e. The van der Waals surface area contributed by atoms with Crippen molar-refractivity contribution in [1.29, 1.82) is 0 Å². The van der Waals surface area contributed by atoms with Crippen LogP contribution in [0.15, 0.2) is 60.7 Å². The van der Waals surface area contributed by atoms with Crippen molar-refractivity contribution in [2.75, 3.05) is 71.9 Å². The van der Waals surface area contributed by atoms with E-state index in [9.17, 15) is 35.9 Å². The molecule has 1 aliphatic rings. The number of halogens is 8. The smallest absolute Gasteiger partial charge is 0.369 e. The van der Waals surface area contributed by atoms with E-state index in [0.29, 0.717) is 43.1 Å². The molecule has 0 aliphatic carbocycles. The van der Waals surface area contributed by atoms with Gasteiger partial charge >= 0.3 is 18.4 Å². The Morgan fingerprint density at radius 1 is 0.840 bits per heavy atom. The summed E-state index contributed by atoms with van der Waals surface area (Å²) in [6.45, 7) is 4.07. The van der Waals surface area contributed by atoms with Crippen molar-refractivity contribution in [3.63, 3.8) is 0 Å². The molecular weight excluding hydrogens is 707 g/mol. The quantitative estimate of drug-likeness (QED) is 0.203. The van der Waals surface area contributed by atoms with Crippen LogP contribution in [0.1, 0.15) is 45.0 Å². The minimum atomic E-state index is -5.08. The van der Waals surface area contributed by atoms with Gasteiger partial charge in [0.05, 0.1) is 21.2 Å². The predicted molar refractivity (Wildman–Crippen MR) is 183 cm³/mol. The van der Waals surface area contributed by atoms with Crippen molar-refractivity contribution in [3.05, 3.63) is 98.5 Å². The summed E-state index contributed by atoms with van der Waals surface area (Å²) in [6.07, 6.45) is -8.96. The SMILES string of the molecule is CN(C)C(=O)NCCc1ccccc1N1CCN(CC[C@H](CN(C)C(=O)c2cc(C(F)(F)F)cc(C(F)(F)F)c2)c2ccc(Cl)c(Cl)c2)CC1. The fourth-order valence-corrected chi connectivity index (χ4v) is 6.19. The molecule has 4 rings (SSSR count). The van der Waals surface area contributed by atoms with Crippen molar-refractivity contribution < 1.29 is 35.9 Å². The number of piperazine rings is 1. The number of alkyl halides is 6. The highest BCUT2D eigenvalue weighted by molar-refractivity contribution is 6.42. The summed E-state index contributed by atoms with van der Waals surface area (Å²) in [6, 6.07) is 13.8. The van der Waals surface area contributed by atoms with E-state index in [1.165, 1.54) is 11.9 Å². The topological polar surface area (TPSA) is 59.1 Å². The molecule has 7 nitrogen and oxygen atoms in total. The Labute approximate surface area is 297 Å². The predicted octanol–water partition coefficient (Wildman–Crippen LogP) is 7.91. The fourth-order valence-electron chi connectivity index (χ4n) is 5.89. The van der Waals surface area contributed by atoms with Crippen molar-refractivity contribution >= 4 is 40.8 Å². The standard InChI is InChI=1S/C35H39Cl2F6N5O2/c1-45(2)33(50)44-12-10-23-6-4-5-7-31(23)48-16-14-47(15-17-48)13-11-25(24-8-9-29(36)30(37)20-24)22-46(3)32(49)26-18-27(34(38,39)40)21-28(19-26)35(41,42)43/h4-9,18-21,25H,10-17,22H2,1-3H3,(H,44,50)/t25-/m1/s1. The zero-order chi connectivity index (χ0) is 36.8. The molecule has 1 saturated heterocycles. The van der Waals surface area contributed by atoms with Crippen LogP contribution in [0.5, 0.6) is 0 Å². The first-order chi connectivity index (χ1) is 23.4. The van der Waals surface area contributed by atoms with E-state index in [1.807, 2.05) is 18.2 Å². The Hall–Kier alpha value is -3.68. The van der Waals surface area contributed by atoms with Gasteiger partial charge in [-0.2, -0.15) is 26.3 Å². The summed E-state index contributed by atoms with van der Waals surface area (Å²) in [5.41, 5.74) is -0.864. The summed E-state index contributed by atoms with van der Waals surface area (Å²) in [4.78, 5) is 32.4. The molecule has 1 heterocycles. The number of hydrogen-bond donors (Lipinski definition) is 1. The van der Waals surface area contributed by atoms with Gasteiger partial charge in [-0.05, 0) is 66.9 Å². The van der Waals surface area contributed by atoms with Gasteiger partial charge in [-0.3, -0.25) is 9.69 Å². The molecule has 1 aliphatic heterocycles. The molecule has 3 aromatic rings. The number of hydrogen-bond acceptors (Lipinski definition) is 4. The Kier molecular flexibility index (Phi) is 13.0. The number of rotatable bonds is 11. The highest BCUT2D eigenvalue weighted by atomic mass is 35.5. The average Bonchev–Trinajstić information content (AvgIpc) is 3.06. The summed E-state index contributed by atoms with van der Waals surface area (Å²) in [5.74, 6) is -1.33. The van der Waals surface area contributed by atoms with Crippen molar-refractivity contribution in [3.8, 4) is 0 Å². The van der Waals surface area contributed by atoms with Crippen LogP contribution in [0.4, 0.5) is 36.8 Å². The van der Waals surface area contributed by atoms with Crippen LogP contribution in [-0.4, -0.2) is 93.6 Å². The second-order valence-electron chi connectivity index (χ2n) is 12.5. The molecule has 1 N–H and O–H groups in total. The van der Waals surface area contributed by atoms with Crippen LogP contribution in [0.2, 0.25) is 10.0 Å². The second-order valence-corrected chi connectivity index (χ2v) is 13.3. The number of urea groups is 1. The number of nitrogens with one attached hydrogen (secondary N) is 1. The van der Waals surface area contributed by atoms with E-state index in [1.54, 1.807) is 32.3 Å². The van der Waals surface area contributed by atoms with Crippen LogP contribution in [-0.2, 0) is 18.8 Å². The number of nitrogens with zero attached hydrogens (tertiary/aromatic N) is 4. The van der Waals surface area contributed by atoms with Crippen molar-refractivity contribution in [2.24, 2.45) is 0 Å². The lowest BCUT2D eigenvalue weighted by molar-refractivity contribution is -0.143. The lowest BCUT2D eigenvalue weighted by Crippen LogP contribution is -2.47. The molecule has 0 spiro atoms. The molecule has 0 bridgehead atoms. The summed E-state index contributed by atoms with van der Waals surface area (Å²) < 4.78 is 80.9. The number of benzene rings is 3. The van der Waals surface area contributed by atoms with Gasteiger partial charge in [-0.25, -0.2) is 4.79 Å². The van der Waals surface area contributed by atoms with Gasteiger partial charge in [-0.15, -0.1) is 0 Å². The molecule has 3 amide bonds. The third-order valence-electron chi connectivity index (χ3n) is 8.67. The molecule has 1 fully saturated rings. The van der Waals surface area contributed by atoms with Crippen LogP contribution in [0, 0.1) is 0 Å². The molecule has 0 unspecified atom stereocenters. The lowest BCUT2D eigenvalue weighted by atomic mass is 9.94. The van der Waals surface area contributed by atoms with Crippen LogP contribution in [0.3, 0.4) is 0 Å². The molecule has 0 aromatic heterocycles. The lowest BCUT2D eigenvalue weighted by Gasteiger charge is -2.38. The van der Waals surface area contributed by atoms with Gasteiger partial charge < -0.3 is 20.0 Å². The van der Waals surface area contributed by atoms with Crippen LogP contribution < -0.4 is 10.2 Å². The molecule has 0 radical (unpaired) electrons. The molecule has 272 valence electrons. The number of para-hydroxylation sites is 1. The molecular formula is C35H39Cl2F6N5O2. The maximum atomic E-state index is 13.5. The Morgan fingerprint density at radius 2 is 1.46 bits per heavy atom. The number of anilines is 1. The second kappa shape index (κ2) is 16.6.